The molecular weight excluding hydrogens is 877 g/mol. The number of methoxy groups -OCH3 is 1. The van der Waals surface area contributed by atoms with Gasteiger partial charge < -0.3 is 30.1 Å². The molecule has 0 unspecified atom stereocenters. The molecule has 2 aromatic carbocycles. The smallest absolute Gasteiger partial charge is 0.372 e. The maximum atomic E-state index is 14.8. The normalized spacial score (nSPS) is 16.8. The van der Waals surface area contributed by atoms with Gasteiger partial charge in [-0.05, 0) is 51.5 Å². The number of hydrogen-bond donors (Lipinski definition) is 4. The first-order valence-electron chi connectivity index (χ1n) is 20.7. The summed E-state index contributed by atoms with van der Waals surface area (Å²) in [7, 11) is 1.41. The highest BCUT2D eigenvalue weighted by atomic mass is 19.3. The number of morpholine rings is 1. The zero-order valence-electron chi connectivity index (χ0n) is 36.3. The molecule has 0 bridgehead atoms. The van der Waals surface area contributed by atoms with Crippen LogP contribution in [0.3, 0.4) is 0 Å². The monoisotopic (exact) mass is 921 g/mol. The summed E-state index contributed by atoms with van der Waals surface area (Å²) in [6.07, 6.45) is -4.65. The van der Waals surface area contributed by atoms with Crippen LogP contribution in [0.2, 0.25) is 0 Å². The third-order valence-corrected chi connectivity index (χ3v) is 11.0. The summed E-state index contributed by atoms with van der Waals surface area (Å²) in [5.41, 5.74) is 13.3. The number of rotatable bonds is 10. The van der Waals surface area contributed by atoms with Crippen LogP contribution in [0.25, 0.3) is 27.8 Å². The Balaban J connectivity index is 1.28. The van der Waals surface area contributed by atoms with Crippen molar-refractivity contribution in [1.82, 2.24) is 43.6 Å². The number of hydrogen-bond acceptors (Lipinski definition) is 12. The van der Waals surface area contributed by atoms with Gasteiger partial charge in [0.25, 0.3) is 11.7 Å². The second-order valence-electron chi connectivity index (χ2n) is 15.5. The van der Waals surface area contributed by atoms with Crippen LogP contribution in [0, 0.1) is 13.8 Å². The first-order valence-corrected chi connectivity index (χ1v) is 20.7. The molecule has 0 aliphatic carbocycles. The highest BCUT2D eigenvalue weighted by Crippen LogP contribution is 2.35. The summed E-state index contributed by atoms with van der Waals surface area (Å²) in [4.78, 5) is 64.6. The van der Waals surface area contributed by atoms with Crippen molar-refractivity contribution < 1.29 is 55.5 Å². The minimum atomic E-state index is -4.06. The van der Waals surface area contributed by atoms with Crippen LogP contribution < -0.4 is 36.1 Å². The number of amides is 4. The van der Waals surface area contributed by atoms with Crippen molar-refractivity contribution in [2.75, 3.05) is 44.0 Å². The maximum Gasteiger partial charge on any atom is 0.372 e. The van der Waals surface area contributed by atoms with Crippen LogP contribution in [0.4, 0.5) is 29.5 Å². The van der Waals surface area contributed by atoms with Crippen LogP contribution in [0.1, 0.15) is 73.6 Å². The van der Waals surface area contributed by atoms with Gasteiger partial charge in [-0.2, -0.15) is 27.2 Å². The summed E-state index contributed by atoms with van der Waals surface area (Å²) >= 11 is 0. The molecule has 21 nitrogen and oxygen atoms in total. The van der Waals surface area contributed by atoms with E-state index in [4.69, 9.17) is 30.9 Å². The molecule has 2 aliphatic rings. The molecular formula is C41H45F4N14O7+. The Kier molecular flexibility index (Phi) is 11.8. The van der Waals surface area contributed by atoms with Gasteiger partial charge in [0.15, 0.2) is 11.4 Å². The van der Waals surface area contributed by atoms with Gasteiger partial charge in [0.1, 0.15) is 29.1 Å². The number of aryl methyl sites for hydroxylation is 4. The van der Waals surface area contributed by atoms with E-state index in [0.717, 1.165) is 4.90 Å². The molecule has 25 heteroatoms. The summed E-state index contributed by atoms with van der Waals surface area (Å²) in [5, 5.41) is 15.1. The Labute approximate surface area is 371 Å². The van der Waals surface area contributed by atoms with E-state index in [2.05, 4.69) is 25.6 Å². The first-order chi connectivity index (χ1) is 31.3. The predicted molar refractivity (Wildman–Crippen MR) is 226 cm³/mol. The lowest BCUT2D eigenvalue weighted by atomic mass is 10.1. The zero-order valence-corrected chi connectivity index (χ0v) is 36.3. The summed E-state index contributed by atoms with van der Waals surface area (Å²) in [5.74, 6) is -2.18. The lowest BCUT2D eigenvalue weighted by molar-refractivity contribution is -0.606. The van der Waals surface area contributed by atoms with Gasteiger partial charge >= 0.3 is 23.9 Å². The molecule has 1 fully saturated rings. The first kappa shape index (κ1) is 45.2. The third kappa shape index (κ3) is 8.36. The van der Waals surface area contributed by atoms with E-state index in [1.165, 1.54) is 45.3 Å². The Morgan fingerprint density at radius 2 is 1.36 bits per heavy atom. The fourth-order valence-corrected chi connectivity index (χ4v) is 8.26. The summed E-state index contributed by atoms with van der Waals surface area (Å²) in [6.45, 7) is 4.97. The van der Waals surface area contributed by atoms with Gasteiger partial charge in [-0.15, -0.1) is 4.68 Å². The number of nitrogens with two attached hydrogens (primary N) is 2. The number of halogens is 4. The van der Waals surface area contributed by atoms with Crippen molar-refractivity contribution in [3.63, 3.8) is 0 Å². The summed E-state index contributed by atoms with van der Waals surface area (Å²) < 4.78 is 78.9. The number of imidazole rings is 2. The quantitative estimate of drug-likeness (QED) is 0.0669. The number of primary amides is 2. The average Bonchev–Trinajstić information content (AvgIpc) is 3.97. The number of carbonyl (C=O) groups excluding carboxylic acids is 4. The number of nitrogens with one attached hydrogen (secondary N) is 2. The van der Waals surface area contributed by atoms with Crippen molar-refractivity contribution in [3.05, 3.63) is 70.6 Å². The number of alkyl halides is 4. The topological polar surface area (TPSA) is 250 Å². The van der Waals surface area contributed by atoms with Gasteiger partial charge in [-0.1, -0.05) is 12.2 Å². The molecule has 8 rings (SSSR count). The van der Waals surface area contributed by atoms with E-state index in [1.54, 1.807) is 49.0 Å². The molecule has 4 aromatic heterocycles. The van der Waals surface area contributed by atoms with Crippen LogP contribution in [-0.4, -0.2) is 113 Å². The third-order valence-electron chi connectivity index (χ3n) is 11.0. The standard InChI is InChI=1S/C41H44F4N14O7/c1-6-57-32-29(21(3)52-57)59-22(4)53-58(7-2)37(59)36(63)51-39-48-25-15-23(33(46)60)17-27(64-5)30(25)55(39)12-8-9-13-56-31-26(49-38(56)50-35(32)62)16-24(34(47)61)18-28(31)65-14-10-11-54-19-40(42,43)66-41(44,45)20-54/h8-9,15-18H,6-7,10-14,19-20H2,1-5H3,(H5-,46,47,48,49,50,51,60,61,62,63)/p+1/b9-8+. The van der Waals surface area contributed by atoms with E-state index < -0.39 is 48.9 Å². The predicted octanol–water partition coefficient (Wildman–Crippen LogP) is 3.28. The number of nitrogens with zero attached hydrogens (tertiary/aromatic N) is 10. The largest absolute Gasteiger partial charge is 0.494 e. The fraction of sp³-hybridized carbons (Fsp3) is 0.390. The molecule has 0 saturated carbocycles. The van der Waals surface area contributed by atoms with Gasteiger partial charge in [0.05, 0.1) is 43.5 Å². The minimum absolute atomic E-state index is 0.00500. The lowest BCUT2D eigenvalue weighted by Crippen LogP contribution is -2.54. The number of benzene rings is 2. The number of anilines is 2. The van der Waals surface area contributed by atoms with E-state index in [-0.39, 0.29) is 114 Å². The number of ether oxygens (including phenoxy) is 3. The molecule has 6 heterocycles. The van der Waals surface area contributed by atoms with Gasteiger partial charge in [-0.25, -0.2) is 9.97 Å². The number of allylic oxidation sites excluding steroid dienone is 2. The van der Waals surface area contributed by atoms with Crippen LogP contribution in [0.5, 0.6) is 11.5 Å². The van der Waals surface area contributed by atoms with Gasteiger partial charge in [0, 0.05) is 49.3 Å². The molecule has 1 saturated heterocycles. The molecule has 4 amide bonds. The maximum absolute atomic E-state index is 14.8. The van der Waals surface area contributed by atoms with E-state index >= 15 is 0 Å². The van der Waals surface area contributed by atoms with Crippen molar-refractivity contribution in [2.24, 2.45) is 11.5 Å². The fourth-order valence-electron chi connectivity index (χ4n) is 8.26. The Morgan fingerprint density at radius 3 is 1.91 bits per heavy atom. The number of carbonyl (C=O) groups is 4. The SMILES string of the molecule is CCn1nc(C)c2c1C(=O)Nc1nc3cc(C(N)=O)cc(OCCCN4CC(F)(F)OC(F)(F)C4)c3n1C/C=C/Cn1c(nc3cc(C(N)=O)cc(OC)c31)NC(=O)c1n(CC)nc(C)[n+]1-2. The van der Waals surface area contributed by atoms with Gasteiger partial charge in [0.2, 0.25) is 23.7 Å². The van der Waals surface area contributed by atoms with Crippen molar-refractivity contribution in [2.45, 2.75) is 72.5 Å². The Morgan fingerprint density at radius 1 is 0.818 bits per heavy atom. The van der Waals surface area contributed by atoms with Crippen LogP contribution in [0.15, 0.2) is 36.4 Å². The molecule has 2 aliphatic heterocycles. The molecule has 0 atom stereocenters. The van der Waals surface area contributed by atoms with E-state index in [1.807, 2.05) is 0 Å². The van der Waals surface area contributed by atoms with Crippen molar-refractivity contribution >= 4 is 57.6 Å². The molecule has 6 N–H and O–H groups in total. The molecule has 66 heavy (non-hydrogen) atoms. The molecule has 348 valence electrons. The van der Waals surface area contributed by atoms with Crippen molar-refractivity contribution in [1.29, 1.82) is 0 Å². The molecule has 6 aromatic rings. The van der Waals surface area contributed by atoms with Crippen LogP contribution >= 0.6 is 0 Å². The Hall–Kier alpha value is -7.41. The van der Waals surface area contributed by atoms with Crippen LogP contribution in [-0.2, 0) is 30.9 Å². The number of fused-ring (bicyclic) bond motifs is 9. The zero-order chi connectivity index (χ0) is 47.4. The average molecular weight is 922 g/mol. The highest BCUT2D eigenvalue weighted by Gasteiger charge is 2.51. The summed E-state index contributed by atoms with van der Waals surface area (Å²) in [6, 6.07) is 5.71. The Bertz CT molecular complexity index is 2970. The molecule has 0 radical (unpaired) electrons. The van der Waals surface area contributed by atoms with E-state index in [0.29, 0.717) is 17.0 Å². The highest BCUT2D eigenvalue weighted by molar-refractivity contribution is 6.07. The lowest BCUT2D eigenvalue weighted by Gasteiger charge is -2.36. The second-order valence-corrected chi connectivity index (χ2v) is 15.5. The number of aromatic nitrogens is 9. The van der Waals surface area contributed by atoms with E-state index in [9.17, 15) is 36.7 Å². The van der Waals surface area contributed by atoms with Crippen molar-refractivity contribution in [3.8, 4) is 17.2 Å². The van der Waals surface area contributed by atoms with Gasteiger partial charge in [-0.3, -0.25) is 44.1 Å². The second kappa shape index (κ2) is 17.2. The minimum Gasteiger partial charge on any atom is -0.494 e. The molecule has 0 spiro atoms.